The van der Waals surface area contributed by atoms with Crippen LogP contribution in [0.3, 0.4) is 0 Å². The van der Waals surface area contributed by atoms with Crippen molar-refractivity contribution in [1.29, 1.82) is 0 Å². The Hall–Kier alpha value is -1.03. The smallest absolute Gasteiger partial charge is 0.253 e. The van der Waals surface area contributed by atoms with E-state index in [9.17, 15) is 4.79 Å². The zero-order chi connectivity index (χ0) is 13.8. The van der Waals surface area contributed by atoms with Gasteiger partial charge in [0.1, 0.15) is 0 Å². The highest BCUT2D eigenvalue weighted by molar-refractivity contribution is 9.10. The lowest BCUT2D eigenvalue weighted by molar-refractivity contribution is 0.0937. The molecule has 104 valence electrons. The van der Waals surface area contributed by atoms with Gasteiger partial charge in [0.25, 0.3) is 5.91 Å². The molecule has 1 saturated carbocycles. The quantitative estimate of drug-likeness (QED) is 0.835. The van der Waals surface area contributed by atoms with Crippen LogP contribution in [-0.2, 0) is 0 Å². The lowest BCUT2D eigenvalue weighted by Crippen LogP contribution is -2.33. The fraction of sp³-hybridized carbons (Fsp3) is 0.533. The van der Waals surface area contributed by atoms with Crippen molar-refractivity contribution in [3.05, 3.63) is 28.2 Å². The van der Waals surface area contributed by atoms with Crippen molar-refractivity contribution in [2.45, 2.75) is 32.6 Å². The third-order valence-corrected chi connectivity index (χ3v) is 4.57. The molecule has 0 bridgehead atoms. The Bertz CT molecular complexity index is 461. The third kappa shape index (κ3) is 3.72. The van der Waals surface area contributed by atoms with Gasteiger partial charge in [0.2, 0.25) is 0 Å². The summed E-state index contributed by atoms with van der Waals surface area (Å²) in [7, 11) is 0. The maximum Gasteiger partial charge on any atom is 0.253 e. The summed E-state index contributed by atoms with van der Waals surface area (Å²) in [6.07, 6.45) is 5.10. The van der Waals surface area contributed by atoms with Gasteiger partial charge >= 0.3 is 0 Å². The van der Waals surface area contributed by atoms with Gasteiger partial charge in [-0.05, 0) is 36.5 Å². The van der Waals surface area contributed by atoms with Gasteiger partial charge in [-0.2, -0.15) is 0 Å². The Morgan fingerprint density at radius 1 is 1.42 bits per heavy atom. The molecule has 1 aromatic rings. The standard InChI is InChI=1S/C15H21BrN2O/c1-10-4-2-3-5-11(10)9-18-15(19)13-8-12(16)6-7-14(13)17/h6-8,10-11H,2-5,9,17H2,1H3,(H,18,19). The molecular formula is C15H21BrN2O. The monoisotopic (exact) mass is 324 g/mol. The van der Waals surface area contributed by atoms with Crippen molar-refractivity contribution >= 4 is 27.5 Å². The Morgan fingerprint density at radius 2 is 2.16 bits per heavy atom. The number of amides is 1. The average molecular weight is 325 g/mol. The molecule has 1 amide bonds. The van der Waals surface area contributed by atoms with E-state index in [2.05, 4.69) is 28.2 Å². The predicted molar refractivity (Wildman–Crippen MR) is 82.0 cm³/mol. The first-order valence-corrected chi connectivity index (χ1v) is 7.70. The molecule has 3 N–H and O–H groups in total. The number of nitrogens with two attached hydrogens (primary N) is 1. The van der Waals surface area contributed by atoms with Gasteiger partial charge < -0.3 is 11.1 Å². The fourth-order valence-electron chi connectivity index (χ4n) is 2.74. The van der Waals surface area contributed by atoms with Crippen molar-refractivity contribution in [1.82, 2.24) is 5.32 Å². The maximum absolute atomic E-state index is 12.2. The molecule has 0 aromatic heterocycles. The molecular weight excluding hydrogens is 304 g/mol. The molecule has 1 fully saturated rings. The number of halogens is 1. The van der Waals surface area contributed by atoms with E-state index in [4.69, 9.17) is 5.73 Å². The van der Waals surface area contributed by atoms with E-state index in [1.165, 1.54) is 25.7 Å². The molecule has 0 aliphatic heterocycles. The Labute approximate surface area is 123 Å². The van der Waals surface area contributed by atoms with Gasteiger partial charge in [0, 0.05) is 16.7 Å². The van der Waals surface area contributed by atoms with Crippen molar-refractivity contribution in [3.63, 3.8) is 0 Å². The van der Waals surface area contributed by atoms with Crippen molar-refractivity contribution in [3.8, 4) is 0 Å². The van der Waals surface area contributed by atoms with E-state index in [-0.39, 0.29) is 5.91 Å². The largest absolute Gasteiger partial charge is 0.398 e. The molecule has 0 heterocycles. The van der Waals surface area contributed by atoms with Gasteiger partial charge in [0.05, 0.1) is 5.56 Å². The normalized spacial score (nSPS) is 23.1. The first-order chi connectivity index (χ1) is 9.08. The van der Waals surface area contributed by atoms with E-state index < -0.39 is 0 Å². The highest BCUT2D eigenvalue weighted by atomic mass is 79.9. The lowest BCUT2D eigenvalue weighted by Gasteiger charge is -2.28. The molecule has 19 heavy (non-hydrogen) atoms. The summed E-state index contributed by atoms with van der Waals surface area (Å²) >= 11 is 3.37. The van der Waals surface area contributed by atoms with E-state index >= 15 is 0 Å². The summed E-state index contributed by atoms with van der Waals surface area (Å²) < 4.78 is 0.873. The highest BCUT2D eigenvalue weighted by Crippen LogP contribution is 2.29. The van der Waals surface area contributed by atoms with E-state index in [1.54, 1.807) is 12.1 Å². The zero-order valence-electron chi connectivity index (χ0n) is 11.3. The SMILES string of the molecule is CC1CCCCC1CNC(=O)c1cc(Br)ccc1N. The Balaban J connectivity index is 1.95. The average Bonchev–Trinajstić information content (AvgIpc) is 2.40. The summed E-state index contributed by atoms with van der Waals surface area (Å²) in [5.41, 5.74) is 6.92. The van der Waals surface area contributed by atoms with Crippen LogP contribution in [0.2, 0.25) is 0 Å². The number of nitrogen functional groups attached to an aromatic ring is 1. The number of hydrogen-bond acceptors (Lipinski definition) is 2. The molecule has 2 rings (SSSR count). The summed E-state index contributed by atoms with van der Waals surface area (Å²) in [4.78, 5) is 12.2. The number of carbonyl (C=O) groups excluding carboxylic acids is 1. The van der Waals surface area contributed by atoms with Crippen LogP contribution >= 0.6 is 15.9 Å². The van der Waals surface area contributed by atoms with Crippen LogP contribution in [0.5, 0.6) is 0 Å². The van der Waals surface area contributed by atoms with E-state index in [0.717, 1.165) is 11.0 Å². The molecule has 1 aliphatic carbocycles. The van der Waals surface area contributed by atoms with Crippen molar-refractivity contribution in [2.24, 2.45) is 11.8 Å². The van der Waals surface area contributed by atoms with Gasteiger partial charge in [0.15, 0.2) is 0 Å². The molecule has 0 spiro atoms. The molecule has 2 unspecified atom stereocenters. The minimum absolute atomic E-state index is 0.0726. The Kier molecular flexibility index (Phi) is 4.86. The molecule has 2 atom stereocenters. The van der Waals surface area contributed by atoms with Gasteiger partial charge in [-0.25, -0.2) is 0 Å². The Morgan fingerprint density at radius 3 is 2.89 bits per heavy atom. The molecule has 4 heteroatoms. The number of hydrogen-bond donors (Lipinski definition) is 2. The van der Waals surface area contributed by atoms with Crippen LogP contribution in [0.15, 0.2) is 22.7 Å². The first kappa shape index (κ1) is 14.4. The zero-order valence-corrected chi connectivity index (χ0v) is 12.9. The molecule has 3 nitrogen and oxygen atoms in total. The topological polar surface area (TPSA) is 55.1 Å². The number of benzene rings is 1. The number of nitrogens with one attached hydrogen (secondary N) is 1. The third-order valence-electron chi connectivity index (χ3n) is 4.07. The van der Waals surface area contributed by atoms with Crippen LogP contribution < -0.4 is 11.1 Å². The number of carbonyl (C=O) groups is 1. The molecule has 0 saturated heterocycles. The minimum atomic E-state index is -0.0726. The van der Waals surface area contributed by atoms with Crippen LogP contribution in [0.1, 0.15) is 43.0 Å². The van der Waals surface area contributed by atoms with Crippen LogP contribution in [0.25, 0.3) is 0 Å². The summed E-state index contributed by atoms with van der Waals surface area (Å²) in [5.74, 6) is 1.23. The molecule has 1 aliphatic rings. The second-order valence-electron chi connectivity index (χ2n) is 5.46. The highest BCUT2D eigenvalue weighted by Gasteiger charge is 2.22. The maximum atomic E-state index is 12.2. The lowest BCUT2D eigenvalue weighted by atomic mass is 9.80. The second-order valence-corrected chi connectivity index (χ2v) is 6.38. The van der Waals surface area contributed by atoms with Crippen molar-refractivity contribution in [2.75, 3.05) is 12.3 Å². The minimum Gasteiger partial charge on any atom is -0.398 e. The van der Waals surface area contributed by atoms with Gasteiger partial charge in [-0.15, -0.1) is 0 Å². The fourth-order valence-corrected chi connectivity index (χ4v) is 3.10. The van der Waals surface area contributed by atoms with Gasteiger partial charge in [-0.3, -0.25) is 4.79 Å². The van der Waals surface area contributed by atoms with Crippen LogP contribution in [0.4, 0.5) is 5.69 Å². The number of anilines is 1. The summed E-state index contributed by atoms with van der Waals surface area (Å²) in [5, 5.41) is 3.03. The van der Waals surface area contributed by atoms with Crippen molar-refractivity contribution < 1.29 is 4.79 Å². The molecule has 0 radical (unpaired) electrons. The van der Waals surface area contributed by atoms with E-state index in [0.29, 0.717) is 23.1 Å². The number of rotatable bonds is 3. The predicted octanol–water partition coefficient (Wildman–Crippen LogP) is 3.59. The van der Waals surface area contributed by atoms with Crippen LogP contribution in [-0.4, -0.2) is 12.5 Å². The van der Waals surface area contributed by atoms with Crippen LogP contribution in [0, 0.1) is 11.8 Å². The summed E-state index contributed by atoms with van der Waals surface area (Å²) in [6, 6.07) is 5.37. The first-order valence-electron chi connectivity index (χ1n) is 6.91. The van der Waals surface area contributed by atoms with Gasteiger partial charge in [-0.1, -0.05) is 42.1 Å². The summed E-state index contributed by atoms with van der Waals surface area (Å²) in [6.45, 7) is 3.04. The second kappa shape index (κ2) is 6.42. The molecule has 1 aromatic carbocycles. The van der Waals surface area contributed by atoms with E-state index in [1.807, 2.05) is 6.07 Å².